The van der Waals surface area contributed by atoms with Gasteiger partial charge in [-0.2, -0.15) is 0 Å². The van der Waals surface area contributed by atoms with E-state index in [1.807, 2.05) is 33.3 Å². The summed E-state index contributed by atoms with van der Waals surface area (Å²) < 4.78 is 13.7. The molecule has 1 aromatic heterocycles. The lowest BCUT2D eigenvalue weighted by Crippen LogP contribution is -2.47. The molecule has 1 fully saturated rings. The van der Waals surface area contributed by atoms with E-state index in [2.05, 4.69) is 23.4 Å². The predicted molar refractivity (Wildman–Crippen MR) is 88.1 cm³/mol. The molecule has 1 aromatic rings. The number of ether oxygens (including phenoxy) is 2. The van der Waals surface area contributed by atoms with Crippen LogP contribution in [0, 0.1) is 0 Å². The van der Waals surface area contributed by atoms with Crippen molar-refractivity contribution in [1.82, 2.24) is 14.5 Å². The zero-order valence-corrected chi connectivity index (χ0v) is 15.0. The van der Waals surface area contributed by atoms with Gasteiger partial charge in [-0.15, -0.1) is 0 Å². The molecule has 0 unspecified atom stereocenters. The summed E-state index contributed by atoms with van der Waals surface area (Å²) >= 11 is 0. The second kappa shape index (κ2) is 6.91. The molecule has 0 spiro atoms. The first-order valence-electron chi connectivity index (χ1n) is 8.33. The molecule has 0 aromatic carbocycles. The minimum atomic E-state index is -0.451. The molecular formula is C17H29N3O3. The predicted octanol–water partition coefficient (Wildman–Crippen LogP) is 3.21. The molecule has 2 rings (SSSR count). The summed E-state index contributed by atoms with van der Waals surface area (Å²) in [6.07, 6.45) is 5.07. The molecule has 0 aliphatic carbocycles. The molecule has 0 bridgehead atoms. The Morgan fingerprint density at radius 1 is 1.35 bits per heavy atom. The van der Waals surface area contributed by atoms with E-state index in [1.165, 1.54) is 0 Å². The van der Waals surface area contributed by atoms with E-state index >= 15 is 0 Å². The normalized spacial score (nSPS) is 18.0. The second-order valence-corrected chi connectivity index (χ2v) is 7.38. The lowest BCUT2D eigenvalue weighted by atomic mass is 9.93. The summed E-state index contributed by atoms with van der Waals surface area (Å²) in [6.45, 7) is 12.6. The number of imidazole rings is 1. The molecule has 23 heavy (non-hydrogen) atoms. The third kappa shape index (κ3) is 4.96. The largest absolute Gasteiger partial charge is 0.444 e. The molecule has 1 aliphatic rings. The van der Waals surface area contributed by atoms with Gasteiger partial charge in [0.1, 0.15) is 5.60 Å². The van der Waals surface area contributed by atoms with E-state index in [0.717, 1.165) is 25.1 Å². The lowest BCUT2D eigenvalue weighted by Gasteiger charge is -2.39. The molecular weight excluding hydrogens is 294 g/mol. The van der Waals surface area contributed by atoms with Gasteiger partial charge in [0.25, 0.3) is 0 Å². The molecule has 0 atom stereocenters. The van der Waals surface area contributed by atoms with Crippen LogP contribution in [0.1, 0.15) is 53.2 Å². The van der Waals surface area contributed by atoms with E-state index in [4.69, 9.17) is 9.47 Å². The van der Waals surface area contributed by atoms with Crippen LogP contribution in [0.4, 0.5) is 4.79 Å². The van der Waals surface area contributed by atoms with Crippen LogP contribution in [0.5, 0.6) is 0 Å². The maximum absolute atomic E-state index is 12.1. The van der Waals surface area contributed by atoms with Crippen molar-refractivity contribution in [2.45, 2.75) is 71.8 Å². The highest BCUT2D eigenvalue weighted by Gasteiger charge is 2.34. The maximum atomic E-state index is 12.1. The number of hydrogen-bond acceptors (Lipinski definition) is 4. The number of aryl methyl sites for hydroxylation is 1. The van der Waals surface area contributed by atoms with Gasteiger partial charge < -0.3 is 18.9 Å². The molecule has 1 saturated heterocycles. The fraction of sp³-hybridized carbons (Fsp3) is 0.765. The minimum absolute atomic E-state index is 0.207. The highest BCUT2D eigenvalue weighted by atomic mass is 16.6. The standard InChI is InChI=1S/C17H29N3O3/c1-6-19-13-18-11-14(19)12-22-17(5)7-9-20(10-8-17)15(21)23-16(2,3)4/h11,13H,6-10,12H2,1-5H3. The van der Waals surface area contributed by atoms with E-state index in [9.17, 15) is 4.79 Å². The number of aromatic nitrogens is 2. The monoisotopic (exact) mass is 323 g/mol. The van der Waals surface area contributed by atoms with Crippen molar-refractivity contribution in [3.63, 3.8) is 0 Å². The highest BCUT2D eigenvalue weighted by molar-refractivity contribution is 5.68. The molecule has 1 aliphatic heterocycles. The van der Waals surface area contributed by atoms with E-state index in [0.29, 0.717) is 19.7 Å². The number of piperidine rings is 1. The van der Waals surface area contributed by atoms with Crippen LogP contribution in [-0.2, 0) is 22.6 Å². The Kier molecular flexibility index (Phi) is 5.34. The number of likely N-dealkylation sites (tertiary alicyclic amines) is 1. The van der Waals surface area contributed by atoms with Crippen LogP contribution in [-0.4, -0.2) is 44.8 Å². The highest BCUT2D eigenvalue weighted by Crippen LogP contribution is 2.28. The zero-order chi connectivity index (χ0) is 17.1. The van der Waals surface area contributed by atoms with Gasteiger partial charge in [-0.25, -0.2) is 9.78 Å². The van der Waals surface area contributed by atoms with Gasteiger partial charge in [0.2, 0.25) is 0 Å². The first-order valence-corrected chi connectivity index (χ1v) is 8.33. The van der Waals surface area contributed by atoms with Gasteiger partial charge in [0.15, 0.2) is 0 Å². The third-order valence-electron chi connectivity index (χ3n) is 4.18. The van der Waals surface area contributed by atoms with Crippen LogP contribution in [0.2, 0.25) is 0 Å². The summed E-state index contributed by atoms with van der Waals surface area (Å²) in [5, 5.41) is 0. The molecule has 0 saturated carbocycles. The first kappa shape index (κ1) is 17.8. The van der Waals surface area contributed by atoms with Crippen LogP contribution < -0.4 is 0 Å². The van der Waals surface area contributed by atoms with Crippen molar-refractivity contribution >= 4 is 6.09 Å². The van der Waals surface area contributed by atoms with Crippen molar-refractivity contribution in [3.05, 3.63) is 18.2 Å². The summed E-state index contributed by atoms with van der Waals surface area (Å²) in [5.74, 6) is 0. The van der Waals surface area contributed by atoms with Gasteiger partial charge in [0.05, 0.1) is 30.4 Å². The summed E-state index contributed by atoms with van der Waals surface area (Å²) in [5.41, 5.74) is 0.428. The van der Waals surface area contributed by atoms with Gasteiger partial charge in [-0.05, 0) is 47.5 Å². The van der Waals surface area contributed by atoms with E-state index < -0.39 is 5.60 Å². The van der Waals surface area contributed by atoms with Crippen molar-refractivity contribution in [1.29, 1.82) is 0 Å². The maximum Gasteiger partial charge on any atom is 0.410 e. The van der Waals surface area contributed by atoms with Gasteiger partial charge in [0, 0.05) is 19.6 Å². The molecule has 0 radical (unpaired) electrons. The molecule has 1 amide bonds. The van der Waals surface area contributed by atoms with Crippen LogP contribution in [0.25, 0.3) is 0 Å². The molecule has 6 nitrogen and oxygen atoms in total. The van der Waals surface area contributed by atoms with Gasteiger partial charge in [-0.3, -0.25) is 0 Å². The van der Waals surface area contributed by atoms with Gasteiger partial charge >= 0.3 is 6.09 Å². The Morgan fingerprint density at radius 3 is 2.57 bits per heavy atom. The smallest absolute Gasteiger partial charge is 0.410 e. The number of hydrogen-bond donors (Lipinski definition) is 0. The Hall–Kier alpha value is -1.56. The second-order valence-electron chi connectivity index (χ2n) is 7.38. The van der Waals surface area contributed by atoms with E-state index in [1.54, 1.807) is 4.90 Å². The fourth-order valence-corrected chi connectivity index (χ4v) is 2.63. The topological polar surface area (TPSA) is 56.6 Å². The molecule has 130 valence electrons. The molecule has 0 N–H and O–H groups in total. The average Bonchev–Trinajstić information content (AvgIpc) is 2.91. The summed E-state index contributed by atoms with van der Waals surface area (Å²) in [7, 11) is 0. The van der Waals surface area contributed by atoms with Crippen LogP contribution in [0.3, 0.4) is 0 Å². The van der Waals surface area contributed by atoms with Crippen molar-refractivity contribution < 1.29 is 14.3 Å². The van der Waals surface area contributed by atoms with Gasteiger partial charge in [-0.1, -0.05) is 0 Å². The Morgan fingerprint density at radius 2 is 2.00 bits per heavy atom. The average molecular weight is 323 g/mol. The van der Waals surface area contributed by atoms with Crippen molar-refractivity contribution in [3.8, 4) is 0 Å². The summed E-state index contributed by atoms with van der Waals surface area (Å²) in [4.78, 5) is 18.0. The number of carbonyl (C=O) groups excluding carboxylic acids is 1. The minimum Gasteiger partial charge on any atom is -0.444 e. The number of nitrogens with zero attached hydrogens (tertiary/aromatic N) is 3. The number of amides is 1. The third-order valence-corrected chi connectivity index (χ3v) is 4.18. The quantitative estimate of drug-likeness (QED) is 0.854. The molecule has 2 heterocycles. The zero-order valence-electron chi connectivity index (χ0n) is 15.0. The SMILES string of the molecule is CCn1cncc1COC1(C)CCN(C(=O)OC(C)(C)C)CC1. The van der Waals surface area contributed by atoms with Crippen molar-refractivity contribution in [2.75, 3.05) is 13.1 Å². The van der Waals surface area contributed by atoms with Crippen LogP contribution in [0.15, 0.2) is 12.5 Å². The Labute approximate surface area is 138 Å². The van der Waals surface area contributed by atoms with Crippen molar-refractivity contribution in [2.24, 2.45) is 0 Å². The van der Waals surface area contributed by atoms with E-state index in [-0.39, 0.29) is 11.7 Å². The van der Waals surface area contributed by atoms with Crippen LogP contribution >= 0.6 is 0 Å². The fourth-order valence-electron chi connectivity index (χ4n) is 2.63. The summed E-state index contributed by atoms with van der Waals surface area (Å²) in [6, 6.07) is 0. The number of carbonyl (C=O) groups is 1. The Balaban J connectivity index is 1.84. The molecule has 6 heteroatoms. The first-order chi connectivity index (χ1) is 10.7. The number of rotatable bonds is 4. The Bertz CT molecular complexity index is 525. The lowest BCUT2D eigenvalue weighted by molar-refractivity contribution is -0.0827.